The second-order valence-corrected chi connectivity index (χ2v) is 5.49. The minimum atomic E-state index is -3.27. The summed E-state index contributed by atoms with van der Waals surface area (Å²) in [7, 11) is -3.27. The summed E-state index contributed by atoms with van der Waals surface area (Å²) in [5, 5.41) is 0. The number of hydrogen-bond donors (Lipinski definition) is 1. The Morgan fingerprint density at radius 3 is 2.85 bits per heavy atom. The lowest BCUT2D eigenvalue weighted by Gasteiger charge is -2.06. The summed E-state index contributed by atoms with van der Waals surface area (Å²) in [6.45, 7) is 1.74. The molecule has 1 aromatic rings. The molecule has 0 bridgehead atoms. The van der Waals surface area contributed by atoms with Gasteiger partial charge in [0.05, 0.1) is 11.4 Å². The van der Waals surface area contributed by atoms with Gasteiger partial charge in [-0.1, -0.05) is 15.9 Å². The van der Waals surface area contributed by atoms with Gasteiger partial charge in [-0.05, 0) is 19.1 Å². The molecule has 0 fully saturated rings. The Morgan fingerprint density at radius 1 is 1.62 bits per heavy atom. The van der Waals surface area contributed by atoms with Crippen molar-refractivity contribution in [3.8, 4) is 0 Å². The fourth-order valence-corrected chi connectivity index (χ4v) is 1.74. The number of hydrogen-bond acceptors (Lipinski definition) is 3. The molecule has 1 heterocycles. The quantitative estimate of drug-likeness (QED) is 0.842. The van der Waals surface area contributed by atoms with Crippen molar-refractivity contribution in [3.63, 3.8) is 0 Å². The topological polar surface area (TPSA) is 59.1 Å². The lowest BCUT2D eigenvalue weighted by atomic mass is 10.3. The molecule has 72 valence electrons. The minimum Gasteiger partial charge on any atom is -0.281 e. The van der Waals surface area contributed by atoms with Crippen LogP contribution in [0.25, 0.3) is 0 Å². The van der Waals surface area contributed by atoms with Crippen LogP contribution in [0.15, 0.2) is 18.3 Å². The second-order valence-electron chi connectivity index (χ2n) is 2.46. The number of nitrogens with one attached hydrogen (secondary N) is 1. The Morgan fingerprint density at radius 2 is 2.31 bits per heavy atom. The van der Waals surface area contributed by atoms with Gasteiger partial charge in [-0.2, -0.15) is 0 Å². The molecule has 1 rings (SSSR count). The number of pyridine rings is 1. The number of sulfonamides is 1. The molecule has 1 N–H and O–H groups in total. The molecule has 0 unspecified atom stereocenters. The fourth-order valence-electron chi connectivity index (χ4n) is 0.787. The lowest BCUT2D eigenvalue weighted by Crippen LogP contribution is -2.14. The van der Waals surface area contributed by atoms with E-state index >= 15 is 0 Å². The molecule has 1 aromatic heterocycles. The van der Waals surface area contributed by atoms with Crippen LogP contribution in [0.1, 0.15) is 5.69 Å². The van der Waals surface area contributed by atoms with Crippen LogP contribution in [0.3, 0.4) is 0 Å². The summed E-state index contributed by atoms with van der Waals surface area (Å²) >= 11 is 2.88. The first-order valence-corrected chi connectivity index (χ1v) is 6.30. The van der Waals surface area contributed by atoms with E-state index < -0.39 is 10.0 Å². The Hall–Kier alpha value is -0.620. The number of aromatic nitrogens is 1. The molecular formula is C7H9BrN2O2S. The minimum absolute atomic E-state index is 0.117. The molecule has 0 saturated carbocycles. The van der Waals surface area contributed by atoms with Gasteiger partial charge in [0.1, 0.15) is 4.66 Å². The third-order valence-corrected chi connectivity index (χ3v) is 4.04. The summed E-state index contributed by atoms with van der Waals surface area (Å²) in [4.78, 5) is 3.96. The van der Waals surface area contributed by atoms with Crippen molar-refractivity contribution >= 4 is 31.6 Å². The van der Waals surface area contributed by atoms with E-state index in [1.165, 1.54) is 0 Å². The molecule has 0 aliphatic heterocycles. The van der Waals surface area contributed by atoms with Crippen molar-refractivity contribution in [2.75, 3.05) is 9.38 Å². The van der Waals surface area contributed by atoms with Crippen LogP contribution in [0, 0.1) is 6.92 Å². The van der Waals surface area contributed by atoms with E-state index in [9.17, 15) is 8.42 Å². The average Bonchev–Trinajstić information content (AvgIpc) is 2.09. The summed E-state index contributed by atoms with van der Waals surface area (Å²) in [6, 6.07) is 3.35. The molecule has 6 heteroatoms. The zero-order chi connectivity index (χ0) is 9.90. The van der Waals surface area contributed by atoms with E-state index in [4.69, 9.17) is 0 Å². The molecule has 0 radical (unpaired) electrons. The number of nitrogens with zero attached hydrogens (tertiary/aromatic N) is 1. The van der Waals surface area contributed by atoms with Crippen LogP contribution in [0.2, 0.25) is 0 Å². The van der Waals surface area contributed by atoms with Gasteiger partial charge < -0.3 is 0 Å². The number of rotatable bonds is 3. The zero-order valence-electron chi connectivity index (χ0n) is 6.99. The van der Waals surface area contributed by atoms with E-state index in [0.717, 1.165) is 0 Å². The van der Waals surface area contributed by atoms with Gasteiger partial charge in [0.25, 0.3) is 0 Å². The van der Waals surface area contributed by atoms with Gasteiger partial charge in [-0.15, -0.1) is 0 Å². The molecule has 0 atom stereocenters. The van der Waals surface area contributed by atoms with Crippen LogP contribution in [0.4, 0.5) is 5.69 Å². The van der Waals surface area contributed by atoms with E-state index in [-0.39, 0.29) is 4.66 Å². The van der Waals surface area contributed by atoms with Gasteiger partial charge in [0.15, 0.2) is 0 Å². The molecule has 13 heavy (non-hydrogen) atoms. The second kappa shape index (κ2) is 4.06. The smallest absolute Gasteiger partial charge is 0.242 e. The Labute approximate surface area is 85.6 Å². The first-order chi connectivity index (χ1) is 6.05. The fraction of sp³-hybridized carbons (Fsp3) is 0.286. The third kappa shape index (κ3) is 2.96. The molecular weight excluding hydrogens is 256 g/mol. The van der Waals surface area contributed by atoms with Gasteiger partial charge in [-0.25, -0.2) is 8.42 Å². The normalized spacial score (nSPS) is 11.2. The monoisotopic (exact) mass is 264 g/mol. The predicted octanol–water partition coefficient (Wildman–Crippen LogP) is 1.48. The van der Waals surface area contributed by atoms with Crippen molar-refractivity contribution in [2.24, 2.45) is 0 Å². The summed E-state index contributed by atoms with van der Waals surface area (Å²) in [6.07, 6.45) is 1.61. The highest BCUT2D eigenvalue weighted by atomic mass is 79.9. The SMILES string of the molecule is Cc1ncccc1NS(=O)(=O)CBr. The first-order valence-electron chi connectivity index (χ1n) is 3.53. The highest BCUT2D eigenvalue weighted by Crippen LogP contribution is 2.12. The van der Waals surface area contributed by atoms with E-state index in [1.807, 2.05) is 0 Å². The van der Waals surface area contributed by atoms with E-state index in [2.05, 4.69) is 25.6 Å². The maximum absolute atomic E-state index is 11.1. The Kier molecular flexibility index (Phi) is 3.27. The number of alkyl halides is 1. The predicted molar refractivity (Wildman–Crippen MR) is 55.3 cm³/mol. The lowest BCUT2D eigenvalue weighted by molar-refractivity contribution is 0.606. The summed E-state index contributed by atoms with van der Waals surface area (Å²) < 4.78 is 24.6. The highest BCUT2D eigenvalue weighted by molar-refractivity contribution is 9.10. The Bertz CT molecular complexity index is 391. The highest BCUT2D eigenvalue weighted by Gasteiger charge is 2.08. The number of aryl methyl sites for hydroxylation is 1. The number of halogens is 1. The molecule has 0 aliphatic rings. The Balaban J connectivity index is 2.93. The standard InChI is InChI=1S/C7H9BrN2O2S/c1-6-7(3-2-4-9-6)10-13(11,12)5-8/h2-4,10H,5H2,1H3. The van der Waals surface area contributed by atoms with Crippen molar-refractivity contribution in [1.29, 1.82) is 0 Å². The van der Waals surface area contributed by atoms with Crippen LogP contribution >= 0.6 is 15.9 Å². The number of anilines is 1. The summed E-state index contributed by atoms with van der Waals surface area (Å²) in [5.41, 5.74) is 1.17. The van der Waals surface area contributed by atoms with Crippen molar-refractivity contribution in [3.05, 3.63) is 24.0 Å². The van der Waals surface area contributed by atoms with Crippen molar-refractivity contribution in [2.45, 2.75) is 6.92 Å². The summed E-state index contributed by atoms with van der Waals surface area (Å²) in [5.74, 6) is 0. The largest absolute Gasteiger partial charge is 0.281 e. The van der Waals surface area contributed by atoms with Crippen LogP contribution in [-0.2, 0) is 10.0 Å². The van der Waals surface area contributed by atoms with Crippen molar-refractivity contribution < 1.29 is 8.42 Å². The average molecular weight is 265 g/mol. The van der Waals surface area contributed by atoms with E-state index in [0.29, 0.717) is 11.4 Å². The first kappa shape index (κ1) is 10.5. The molecule has 0 aliphatic carbocycles. The van der Waals surface area contributed by atoms with Gasteiger partial charge in [0, 0.05) is 6.20 Å². The van der Waals surface area contributed by atoms with Gasteiger partial charge in [0.2, 0.25) is 10.0 Å². The third-order valence-electron chi connectivity index (χ3n) is 1.42. The van der Waals surface area contributed by atoms with E-state index in [1.54, 1.807) is 25.3 Å². The van der Waals surface area contributed by atoms with Gasteiger partial charge >= 0.3 is 0 Å². The maximum Gasteiger partial charge on any atom is 0.242 e. The molecule has 4 nitrogen and oxygen atoms in total. The van der Waals surface area contributed by atoms with Gasteiger partial charge in [-0.3, -0.25) is 9.71 Å². The molecule has 0 aromatic carbocycles. The van der Waals surface area contributed by atoms with Crippen LogP contribution < -0.4 is 4.72 Å². The van der Waals surface area contributed by atoms with Crippen LogP contribution in [0.5, 0.6) is 0 Å². The molecule has 0 saturated heterocycles. The van der Waals surface area contributed by atoms with Crippen LogP contribution in [-0.4, -0.2) is 18.1 Å². The van der Waals surface area contributed by atoms with Crippen molar-refractivity contribution in [1.82, 2.24) is 4.98 Å². The maximum atomic E-state index is 11.1. The molecule has 0 spiro atoms. The molecule has 0 amide bonds. The zero-order valence-corrected chi connectivity index (χ0v) is 9.39.